The van der Waals surface area contributed by atoms with Gasteiger partial charge < -0.3 is 23.6 Å². The summed E-state index contributed by atoms with van der Waals surface area (Å²) in [5.41, 5.74) is 5.29. The summed E-state index contributed by atoms with van der Waals surface area (Å²) >= 11 is 0. The summed E-state index contributed by atoms with van der Waals surface area (Å²) in [6.45, 7) is 6.65. The lowest BCUT2D eigenvalue weighted by Crippen LogP contribution is -2.20. The quantitative estimate of drug-likeness (QED) is 0.330. The van der Waals surface area contributed by atoms with Crippen molar-refractivity contribution in [1.29, 1.82) is 0 Å². The molecule has 33 heavy (non-hydrogen) atoms. The monoisotopic (exact) mass is 445 g/mol. The third-order valence-corrected chi connectivity index (χ3v) is 5.52. The molecule has 0 saturated carbocycles. The van der Waals surface area contributed by atoms with E-state index < -0.39 is 0 Å². The molecule has 2 aromatic heterocycles. The number of hydrogen-bond donors (Lipinski definition) is 1. The summed E-state index contributed by atoms with van der Waals surface area (Å²) in [5, 5.41) is 3.81. The molecular weight excluding hydrogens is 418 g/mol. The lowest BCUT2D eigenvalue weighted by molar-refractivity contribution is -0.116. The molecule has 0 aliphatic carbocycles. The Balaban J connectivity index is 1.73. The standard InChI is InChI=1S/C27H27NO5/c1-5-31-26-18(3)27-23(24(16-33-27)19-8-10-20(30-4)11-9-19)14-22(26)17(2)13-25(29)28-15-21-7-6-12-32-21/h6-14,16H,5,15H2,1-4H3,(H,28,29)/b17-13+. The maximum absolute atomic E-state index is 12.5. The molecule has 170 valence electrons. The highest BCUT2D eigenvalue weighted by Crippen LogP contribution is 2.41. The summed E-state index contributed by atoms with van der Waals surface area (Å²) in [7, 11) is 1.65. The SMILES string of the molecule is CCOc1c(/C(C)=C/C(=O)NCc2ccco2)cc2c(-c3ccc(OC)cc3)coc2c1C. The first-order valence-electron chi connectivity index (χ1n) is 10.8. The van der Waals surface area contributed by atoms with Gasteiger partial charge in [0.2, 0.25) is 5.91 Å². The number of rotatable bonds is 8. The molecule has 6 heteroatoms. The van der Waals surface area contributed by atoms with Crippen molar-refractivity contribution in [1.82, 2.24) is 5.32 Å². The molecule has 0 saturated heterocycles. The Morgan fingerprint density at radius 2 is 1.94 bits per heavy atom. The number of amides is 1. The second kappa shape index (κ2) is 9.69. The van der Waals surface area contributed by atoms with Gasteiger partial charge in [0.1, 0.15) is 22.8 Å². The van der Waals surface area contributed by atoms with Gasteiger partial charge in [-0.25, -0.2) is 0 Å². The van der Waals surface area contributed by atoms with Crippen LogP contribution in [0.1, 0.15) is 30.7 Å². The van der Waals surface area contributed by atoms with Crippen molar-refractivity contribution >= 4 is 22.4 Å². The average Bonchev–Trinajstić information content (AvgIpc) is 3.49. The van der Waals surface area contributed by atoms with Gasteiger partial charge in [0.15, 0.2) is 0 Å². The van der Waals surface area contributed by atoms with Crippen molar-refractivity contribution in [3.63, 3.8) is 0 Å². The van der Waals surface area contributed by atoms with Crippen LogP contribution in [0.4, 0.5) is 0 Å². The molecule has 6 nitrogen and oxygen atoms in total. The van der Waals surface area contributed by atoms with Crippen LogP contribution in [0.25, 0.3) is 27.7 Å². The van der Waals surface area contributed by atoms with Crippen molar-refractivity contribution < 1.29 is 23.1 Å². The Labute approximate surface area is 192 Å². The van der Waals surface area contributed by atoms with Crippen LogP contribution in [0.5, 0.6) is 11.5 Å². The van der Waals surface area contributed by atoms with E-state index in [4.69, 9.17) is 18.3 Å². The maximum Gasteiger partial charge on any atom is 0.244 e. The number of ether oxygens (including phenoxy) is 2. The van der Waals surface area contributed by atoms with Gasteiger partial charge in [-0.05, 0) is 62.2 Å². The zero-order valence-corrected chi connectivity index (χ0v) is 19.2. The minimum Gasteiger partial charge on any atom is -0.497 e. The Morgan fingerprint density at radius 1 is 1.15 bits per heavy atom. The van der Waals surface area contributed by atoms with E-state index in [-0.39, 0.29) is 5.91 Å². The highest BCUT2D eigenvalue weighted by atomic mass is 16.5. The van der Waals surface area contributed by atoms with Crippen LogP contribution in [0.2, 0.25) is 0 Å². The minimum atomic E-state index is -0.202. The van der Waals surface area contributed by atoms with E-state index in [0.717, 1.165) is 44.5 Å². The van der Waals surface area contributed by atoms with Crippen molar-refractivity contribution in [2.45, 2.75) is 27.3 Å². The van der Waals surface area contributed by atoms with E-state index in [1.807, 2.05) is 57.2 Å². The van der Waals surface area contributed by atoms with Gasteiger partial charge in [-0.3, -0.25) is 4.79 Å². The molecule has 0 spiro atoms. The molecule has 0 bridgehead atoms. The highest BCUT2D eigenvalue weighted by Gasteiger charge is 2.19. The molecule has 0 aliphatic rings. The fourth-order valence-corrected chi connectivity index (χ4v) is 3.85. The lowest BCUT2D eigenvalue weighted by Gasteiger charge is -2.15. The van der Waals surface area contributed by atoms with Crippen LogP contribution in [0.15, 0.2) is 69.9 Å². The topological polar surface area (TPSA) is 73.8 Å². The zero-order chi connectivity index (χ0) is 23.4. The first kappa shape index (κ1) is 22.3. The molecular formula is C27H27NO5. The van der Waals surface area contributed by atoms with E-state index in [1.165, 1.54) is 0 Å². The number of aryl methyl sites for hydroxylation is 1. The van der Waals surface area contributed by atoms with Gasteiger partial charge in [0.25, 0.3) is 0 Å². The third kappa shape index (κ3) is 4.65. The summed E-state index contributed by atoms with van der Waals surface area (Å²) in [6.07, 6.45) is 4.92. The van der Waals surface area contributed by atoms with Crippen LogP contribution in [-0.4, -0.2) is 19.6 Å². The van der Waals surface area contributed by atoms with Gasteiger partial charge in [-0.2, -0.15) is 0 Å². The van der Waals surface area contributed by atoms with Crippen LogP contribution < -0.4 is 14.8 Å². The Hall–Kier alpha value is -3.93. The Kier molecular flexibility index (Phi) is 6.54. The highest BCUT2D eigenvalue weighted by molar-refractivity contribution is 6.01. The van der Waals surface area contributed by atoms with Crippen molar-refractivity contribution in [2.75, 3.05) is 13.7 Å². The molecule has 4 aromatic rings. The van der Waals surface area contributed by atoms with Crippen LogP contribution >= 0.6 is 0 Å². The zero-order valence-electron chi connectivity index (χ0n) is 19.2. The predicted octanol–water partition coefficient (Wildman–Crippen LogP) is 6.13. The molecule has 0 unspecified atom stereocenters. The molecule has 4 rings (SSSR count). The largest absolute Gasteiger partial charge is 0.497 e. The summed E-state index contributed by atoms with van der Waals surface area (Å²) < 4.78 is 22.5. The molecule has 2 aromatic carbocycles. The first-order valence-corrected chi connectivity index (χ1v) is 10.8. The number of carbonyl (C=O) groups excluding carboxylic acids is 1. The van der Waals surface area contributed by atoms with Crippen molar-refractivity contribution in [2.24, 2.45) is 0 Å². The second-order valence-corrected chi connectivity index (χ2v) is 7.69. The molecule has 0 fully saturated rings. The lowest BCUT2D eigenvalue weighted by atomic mass is 9.96. The van der Waals surface area contributed by atoms with E-state index in [9.17, 15) is 4.79 Å². The third-order valence-electron chi connectivity index (χ3n) is 5.52. The number of hydrogen-bond acceptors (Lipinski definition) is 5. The first-order chi connectivity index (χ1) is 16.0. The summed E-state index contributed by atoms with van der Waals surface area (Å²) in [5.74, 6) is 2.01. The van der Waals surface area contributed by atoms with Crippen LogP contribution in [-0.2, 0) is 11.3 Å². The number of fused-ring (bicyclic) bond motifs is 1. The number of methoxy groups -OCH3 is 1. The van der Waals surface area contributed by atoms with E-state index >= 15 is 0 Å². The van der Waals surface area contributed by atoms with Gasteiger partial charge in [0.05, 0.1) is 32.8 Å². The molecule has 2 heterocycles. The van der Waals surface area contributed by atoms with Gasteiger partial charge in [-0.1, -0.05) is 12.1 Å². The number of nitrogens with one attached hydrogen (secondary N) is 1. The number of carbonyl (C=O) groups is 1. The van der Waals surface area contributed by atoms with Gasteiger partial charge in [-0.15, -0.1) is 0 Å². The fourth-order valence-electron chi connectivity index (χ4n) is 3.85. The number of furan rings is 2. The number of allylic oxidation sites excluding steroid dienone is 1. The maximum atomic E-state index is 12.5. The molecule has 1 amide bonds. The van der Waals surface area contributed by atoms with Crippen LogP contribution in [0.3, 0.4) is 0 Å². The molecule has 0 atom stereocenters. The number of benzene rings is 2. The van der Waals surface area contributed by atoms with Crippen molar-refractivity contribution in [3.8, 4) is 22.6 Å². The molecule has 0 aliphatic heterocycles. The second-order valence-electron chi connectivity index (χ2n) is 7.69. The molecule has 0 radical (unpaired) electrons. The van der Waals surface area contributed by atoms with Gasteiger partial charge in [0, 0.05) is 28.2 Å². The Bertz CT molecular complexity index is 1280. The predicted molar refractivity (Wildman–Crippen MR) is 128 cm³/mol. The van der Waals surface area contributed by atoms with Gasteiger partial charge >= 0.3 is 0 Å². The van der Waals surface area contributed by atoms with E-state index in [0.29, 0.717) is 24.7 Å². The smallest absolute Gasteiger partial charge is 0.244 e. The van der Waals surface area contributed by atoms with Crippen LogP contribution in [0, 0.1) is 6.92 Å². The summed E-state index contributed by atoms with van der Waals surface area (Å²) in [6, 6.07) is 13.5. The normalized spacial score (nSPS) is 11.6. The van der Waals surface area contributed by atoms with Crippen molar-refractivity contribution in [3.05, 3.63) is 78.0 Å². The Morgan fingerprint density at radius 3 is 2.61 bits per heavy atom. The van der Waals surface area contributed by atoms with E-state index in [1.54, 1.807) is 31.8 Å². The minimum absolute atomic E-state index is 0.202. The molecule has 1 N–H and O–H groups in total. The summed E-state index contributed by atoms with van der Waals surface area (Å²) in [4.78, 5) is 12.5. The fraction of sp³-hybridized carbons (Fsp3) is 0.222. The van der Waals surface area contributed by atoms with E-state index in [2.05, 4.69) is 5.32 Å². The average molecular weight is 446 g/mol.